The van der Waals surface area contributed by atoms with Crippen molar-refractivity contribution in [1.29, 1.82) is 0 Å². The number of hydrogen-bond donors (Lipinski definition) is 2. The van der Waals surface area contributed by atoms with E-state index in [0.717, 1.165) is 6.07 Å². The summed E-state index contributed by atoms with van der Waals surface area (Å²) in [7, 11) is 0. The summed E-state index contributed by atoms with van der Waals surface area (Å²) in [6.07, 6.45) is 0.968. The zero-order valence-corrected chi connectivity index (χ0v) is 13.4. The standard InChI is InChI=1S/C15H18F2N2O3.ClH/c1-9(19-6-4-10(5-7-19)15(21)22)14(20)18-13-3-2-11(16)8-12(13)17;/h2-3,8-10H,4-7H2,1H3,(H,18,20)(H,21,22);1H. The van der Waals surface area contributed by atoms with Crippen LogP contribution in [0.25, 0.3) is 0 Å². The molecule has 1 atom stereocenters. The van der Waals surface area contributed by atoms with Crippen molar-refractivity contribution in [2.75, 3.05) is 18.4 Å². The minimum atomic E-state index is -0.829. The second-order valence-electron chi connectivity index (χ2n) is 5.44. The van der Waals surface area contributed by atoms with Gasteiger partial charge in [0.2, 0.25) is 5.91 Å². The fourth-order valence-electron chi connectivity index (χ4n) is 2.53. The molecule has 1 fully saturated rings. The highest BCUT2D eigenvalue weighted by Crippen LogP contribution is 2.20. The van der Waals surface area contributed by atoms with Crippen LogP contribution in [-0.2, 0) is 9.59 Å². The quantitative estimate of drug-likeness (QED) is 0.877. The number of aliphatic carboxylic acids is 1. The lowest BCUT2D eigenvalue weighted by Crippen LogP contribution is -2.47. The topological polar surface area (TPSA) is 69.6 Å². The predicted molar refractivity (Wildman–Crippen MR) is 83.6 cm³/mol. The number of rotatable bonds is 4. The van der Waals surface area contributed by atoms with Crippen LogP contribution in [0, 0.1) is 17.6 Å². The maximum atomic E-state index is 13.5. The van der Waals surface area contributed by atoms with Gasteiger partial charge in [-0.05, 0) is 45.0 Å². The Hall–Kier alpha value is -1.73. The molecule has 2 rings (SSSR count). The number of anilines is 1. The highest BCUT2D eigenvalue weighted by atomic mass is 35.5. The number of carbonyl (C=O) groups excluding carboxylic acids is 1. The maximum Gasteiger partial charge on any atom is 0.306 e. The molecule has 0 saturated carbocycles. The van der Waals surface area contributed by atoms with E-state index in [1.54, 1.807) is 6.92 Å². The molecule has 23 heavy (non-hydrogen) atoms. The second kappa shape index (κ2) is 8.21. The van der Waals surface area contributed by atoms with Gasteiger partial charge in [-0.3, -0.25) is 14.5 Å². The molecule has 0 spiro atoms. The minimum Gasteiger partial charge on any atom is -0.481 e. The molecule has 8 heteroatoms. The number of benzene rings is 1. The number of carbonyl (C=O) groups is 2. The van der Waals surface area contributed by atoms with Crippen molar-refractivity contribution in [3.63, 3.8) is 0 Å². The molecule has 5 nitrogen and oxygen atoms in total. The molecule has 128 valence electrons. The summed E-state index contributed by atoms with van der Waals surface area (Å²) in [5, 5.41) is 11.4. The molecule has 0 radical (unpaired) electrons. The van der Waals surface area contributed by atoms with E-state index in [2.05, 4.69) is 5.32 Å². The van der Waals surface area contributed by atoms with Gasteiger partial charge in [0.25, 0.3) is 0 Å². The van der Waals surface area contributed by atoms with Gasteiger partial charge in [-0.1, -0.05) is 0 Å². The smallest absolute Gasteiger partial charge is 0.306 e. The number of likely N-dealkylation sites (tertiary alicyclic amines) is 1. The number of carboxylic acid groups (broad SMARTS) is 1. The molecular weight excluding hydrogens is 330 g/mol. The van der Waals surface area contributed by atoms with E-state index in [1.165, 1.54) is 6.07 Å². The Kier molecular flexibility index (Phi) is 6.90. The van der Waals surface area contributed by atoms with Gasteiger partial charge in [0.05, 0.1) is 17.6 Å². The Labute approximate surface area is 139 Å². The summed E-state index contributed by atoms with van der Waals surface area (Å²) in [6.45, 7) is 2.67. The monoisotopic (exact) mass is 348 g/mol. The average molecular weight is 349 g/mol. The number of carboxylic acids is 1. The lowest BCUT2D eigenvalue weighted by atomic mass is 9.96. The van der Waals surface area contributed by atoms with Crippen molar-refractivity contribution in [2.24, 2.45) is 5.92 Å². The van der Waals surface area contributed by atoms with Gasteiger partial charge >= 0.3 is 5.97 Å². The van der Waals surface area contributed by atoms with E-state index in [4.69, 9.17) is 5.11 Å². The van der Waals surface area contributed by atoms with E-state index >= 15 is 0 Å². The predicted octanol–water partition coefficient (Wildman–Crippen LogP) is 2.51. The minimum absolute atomic E-state index is 0. The Bertz CT molecular complexity index is 578. The van der Waals surface area contributed by atoms with E-state index < -0.39 is 29.6 Å². The normalized spacial score (nSPS) is 17.2. The van der Waals surface area contributed by atoms with Crippen LogP contribution in [0.3, 0.4) is 0 Å². The van der Waals surface area contributed by atoms with E-state index in [-0.39, 0.29) is 24.0 Å². The van der Waals surface area contributed by atoms with E-state index in [9.17, 15) is 18.4 Å². The first-order valence-electron chi connectivity index (χ1n) is 7.11. The first kappa shape index (κ1) is 19.3. The molecule has 1 aliphatic rings. The number of nitrogens with zero attached hydrogens (tertiary/aromatic N) is 1. The number of amides is 1. The molecule has 1 aromatic rings. The molecule has 2 N–H and O–H groups in total. The molecule has 1 saturated heterocycles. The van der Waals surface area contributed by atoms with Crippen LogP contribution in [0.5, 0.6) is 0 Å². The number of piperidine rings is 1. The molecular formula is C15H19ClF2N2O3. The summed E-state index contributed by atoms with van der Waals surface area (Å²) >= 11 is 0. The Morgan fingerprint density at radius 1 is 1.30 bits per heavy atom. The summed E-state index contributed by atoms with van der Waals surface area (Å²) in [4.78, 5) is 24.9. The van der Waals surface area contributed by atoms with Gasteiger partial charge in [-0.25, -0.2) is 8.78 Å². The molecule has 1 heterocycles. The Balaban J connectivity index is 0.00000264. The maximum absolute atomic E-state index is 13.5. The second-order valence-corrected chi connectivity index (χ2v) is 5.44. The summed E-state index contributed by atoms with van der Waals surface area (Å²) < 4.78 is 26.4. The van der Waals surface area contributed by atoms with Gasteiger partial charge in [0, 0.05) is 6.07 Å². The third kappa shape index (κ3) is 4.87. The largest absolute Gasteiger partial charge is 0.481 e. The van der Waals surface area contributed by atoms with Gasteiger partial charge in [0.15, 0.2) is 0 Å². The molecule has 1 aliphatic heterocycles. The molecule has 1 aromatic carbocycles. The van der Waals surface area contributed by atoms with Crippen molar-refractivity contribution in [1.82, 2.24) is 4.90 Å². The van der Waals surface area contributed by atoms with Crippen LogP contribution in [0.15, 0.2) is 18.2 Å². The molecule has 1 unspecified atom stereocenters. The van der Waals surface area contributed by atoms with Crippen LogP contribution < -0.4 is 5.32 Å². The van der Waals surface area contributed by atoms with E-state index in [0.29, 0.717) is 32.0 Å². The SMILES string of the molecule is CC(C(=O)Nc1ccc(F)cc1F)N1CCC(C(=O)O)CC1.Cl. The third-order valence-electron chi connectivity index (χ3n) is 3.99. The van der Waals surface area contributed by atoms with Crippen molar-refractivity contribution >= 4 is 30.0 Å². The highest BCUT2D eigenvalue weighted by Gasteiger charge is 2.29. The lowest BCUT2D eigenvalue weighted by Gasteiger charge is -2.33. The summed E-state index contributed by atoms with van der Waals surface area (Å²) in [5.41, 5.74) is -0.0707. The molecule has 0 aliphatic carbocycles. The van der Waals surface area contributed by atoms with Gasteiger partial charge in [-0.2, -0.15) is 0 Å². The van der Waals surface area contributed by atoms with Gasteiger partial charge in [-0.15, -0.1) is 12.4 Å². The van der Waals surface area contributed by atoms with Gasteiger partial charge < -0.3 is 10.4 Å². The lowest BCUT2D eigenvalue weighted by molar-refractivity contribution is -0.143. The fraction of sp³-hybridized carbons (Fsp3) is 0.467. The van der Waals surface area contributed by atoms with E-state index in [1.807, 2.05) is 4.90 Å². The van der Waals surface area contributed by atoms with Crippen LogP contribution in [0.2, 0.25) is 0 Å². The first-order valence-corrected chi connectivity index (χ1v) is 7.11. The molecule has 0 bridgehead atoms. The van der Waals surface area contributed by atoms with Crippen LogP contribution in [0.4, 0.5) is 14.5 Å². The number of halogens is 3. The van der Waals surface area contributed by atoms with Crippen molar-refractivity contribution < 1.29 is 23.5 Å². The number of hydrogen-bond acceptors (Lipinski definition) is 3. The molecule has 0 aromatic heterocycles. The summed E-state index contributed by atoms with van der Waals surface area (Å²) in [5.74, 6) is -3.13. The van der Waals surface area contributed by atoms with Gasteiger partial charge in [0.1, 0.15) is 11.6 Å². The molecule has 1 amide bonds. The average Bonchev–Trinajstić information content (AvgIpc) is 2.49. The summed E-state index contributed by atoms with van der Waals surface area (Å²) in [6, 6.07) is 2.44. The van der Waals surface area contributed by atoms with Crippen LogP contribution in [0.1, 0.15) is 19.8 Å². The zero-order valence-electron chi connectivity index (χ0n) is 12.6. The van der Waals surface area contributed by atoms with Crippen molar-refractivity contribution in [3.05, 3.63) is 29.8 Å². The van der Waals surface area contributed by atoms with Crippen molar-refractivity contribution in [2.45, 2.75) is 25.8 Å². The van der Waals surface area contributed by atoms with Crippen LogP contribution in [-0.4, -0.2) is 41.0 Å². The first-order chi connectivity index (χ1) is 10.4. The fourth-order valence-corrected chi connectivity index (χ4v) is 2.53. The van der Waals surface area contributed by atoms with Crippen LogP contribution >= 0.6 is 12.4 Å². The third-order valence-corrected chi connectivity index (χ3v) is 3.99. The Morgan fingerprint density at radius 3 is 2.43 bits per heavy atom. The highest BCUT2D eigenvalue weighted by molar-refractivity contribution is 5.94. The zero-order chi connectivity index (χ0) is 16.3. The number of nitrogens with one attached hydrogen (secondary N) is 1. The Morgan fingerprint density at radius 2 is 1.91 bits per heavy atom. The van der Waals surface area contributed by atoms with Crippen molar-refractivity contribution in [3.8, 4) is 0 Å².